The third-order valence-corrected chi connectivity index (χ3v) is 11.6. The number of aromatic nitrogens is 2. The average molecular weight is 916 g/mol. The van der Waals surface area contributed by atoms with Gasteiger partial charge in [-0.15, -0.1) is 35.4 Å². The van der Waals surface area contributed by atoms with E-state index in [9.17, 15) is 0 Å². The van der Waals surface area contributed by atoms with Gasteiger partial charge >= 0.3 is 21.1 Å². The minimum Gasteiger partial charge on any atom is -0.514 e. The fraction of sp³-hybridized carbons (Fsp3) is 0.265. The Kier molecular flexibility index (Phi) is 8.41. The van der Waals surface area contributed by atoms with Crippen LogP contribution >= 0.6 is 0 Å². The van der Waals surface area contributed by atoms with Crippen LogP contribution in [0.2, 0.25) is 0 Å². The molecule has 2 atom stereocenters. The van der Waals surface area contributed by atoms with Crippen molar-refractivity contribution in [2.45, 2.75) is 84.8 Å². The number of anilines is 3. The normalized spacial score (nSPS) is 17.1. The fourth-order valence-corrected chi connectivity index (χ4v) is 8.58. The number of ether oxygens (including phenoxy) is 2. The summed E-state index contributed by atoms with van der Waals surface area (Å²) in [6.45, 7) is 17.8. The van der Waals surface area contributed by atoms with Crippen molar-refractivity contribution in [2.75, 3.05) is 4.90 Å². The molecule has 10 rings (SSSR count). The molecule has 7 aromatic rings. The van der Waals surface area contributed by atoms with Gasteiger partial charge in [0.25, 0.3) is 0 Å². The average Bonchev–Trinajstić information content (AvgIpc) is 3.82. The second-order valence-corrected chi connectivity index (χ2v) is 17.4. The first kappa shape index (κ1) is 36.4. The maximum atomic E-state index is 6.73. The van der Waals surface area contributed by atoms with Crippen molar-refractivity contribution < 1.29 is 30.5 Å². The molecular weight excluding hydrogens is 872 g/mol. The standard InChI is InChI=1S/C49H44N4O2.Pt/c1-28-21-29(2)39(25-35(28)47-51-46-33-18-17-31(48(3,4)5)22-30(33)23-44(46)55-47)52-38-15-11-12-16-42(38)54-43-26-36-34-13-9-10-14-37(34)53(40(36)27-41(43)52)45-24-32(19-20-50-45)49(6,7)8;/h9-22,24,26,44,46H,23H2,1-8H3;/q-2;+2/t44-,46+;/m0./s1. The Morgan fingerprint density at radius 3 is 2.29 bits per heavy atom. The van der Waals surface area contributed by atoms with Crippen molar-refractivity contribution >= 4 is 44.8 Å². The number of hydrogen-bond donors (Lipinski definition) is 0. The van der Waals surface area contributed by atoms with Gasteiger partial charge in [0.1, 0.15) is 29.6 Å². The number of para-hydroxylation sites is 3. The Labute approximate surface area is 343 Å². The quantitative estimate of drug-likeness (QED) is 0.166. The maximum Gasteiger partial charge on any atom is 2.00 e. The van der Waals surface area contributed by atoms with Crippen LogP contribution in [0.25, 0.3) is 27.6 Å². The van der Waals surface area contributed by atoms with Gasteiger partial charge in [0.15, 0.2) is 0 Å². The molecule has 3 aliphatic rings. The number of fused-ring (bicyclic) bond motifs is 8. The smallest absolute Gasteiger partial charge is 0.514 e. The number of benzene rings is 5. The molecule has 0 spiro atoms. The molecule has 0 N–H and O–H groups in total. The summed E-state index contributed by atoms with van der Waals surface area (Å²) < 4.78 is 15.7. The molecule has 0 saturated heterocycles. The van der Waals surface area contributed by atoms with Crippen LogP contribution in [0.5, 0.6) is 11.5 Å². The van der Waals surface area contributed by atoms with Gasteiger partial charge in [0, 0.05) is 23.9 Å². The first-order chi connectivity index (χ1) is 26.3. The van der Waals surface area contributed by atoms with E-state index in [0.717, 1.165) is 79.3 Å². The van der Waals surface area contributed by atoms with E-state index in [4.69, 9.17) is 19.5 Å². The van der Waals surface area contributed by atoms with Crippen LogP contribution in [0.15, 0.2) is 102 Å². The number of nitrogens with zero attached hydrogens (tertiary/aromatic N) is 4. The van der Waals surface area contributed by atoms with E-state index in [1.165, 1.54) is 22.3 Å². The van der Waals surface area contributed by atoms with Gasteiger partial charge in [-0.1, -0.05) is 120 Å². The molecule has 1 aliphatic carbocycles. The fourth-order valence-electron chi connectivity index (χ4n) is 8.58. The predicted molar refractivity (Wildman–Crippen MR) is 222 cm³/mol. The molecule has 0 unspecified atom stereocenters. The molecular formula is C49H44N4O2Pt. The zero-order valence-electron chi connectivity index (χ0n) is 33.0. The molecule has 56 heavy (non-hydrogen) atoms. The second-order valence-electron chi connectivity index (χ2n) is 17.4. The Bertz CT molecular complexity index is 2770. The van der Waals surface area contributed by atoms with Crippen LogP contribution in [0, 0.1) is 26.0 Å². The van der Waals surface area contributed by atoms with Gasteiger partial charge in [-0.05, 0) is 80.2 Å². The van der Waals surface area contributed by atoms with Gasteiger partial charge in [-0.2, -0.15) is 0 Å². The van der Waals surface area contributed by atoms with E-state index in [0.29, 0.717) is 5.90 Å². The van der Waals surface area contributed by atoms with Crippen molar-refractivity contribution in [2.24, 2.45) is 4.99 Å². The number of hydrogen-bond acceptors (Lipinski definition) is 5. The van der Waals surface area contributed by atoms with E-state index in [2.05, 4.69) is 156 Å². The molecule has 7 heteroatoms. The SMILES string of the molecule is Cc1cc(C)c(N2c3[c-]c4c(cc3Oc3ccccc32)c2ccccc2n4-c2cc(C(C)(C)C)ccn2)[c-]c1C1=N[C@@H]2c3ccc(C(C)(C)C)cc3C[C@@H]2O1.[Pt+2]. The van der Waals surface area contributed by atoms with Crippen LogP contribution in [0.4, 0.5) is 17.1 Å². The summed E-state index contributed by atoms with van der Waals surface area (Å²) >= 11 is 0. The van der Waals surface area contributed by atoms with E-state index >= 15 is 0 Å². The first-order valence-electron chi connectivity index (χ1n) is 19.3. The Hall–Kier alpha value is -5.19. The molecule has 0 fully saturated rings. The number of pyridine rings is 1. The first-order valence-corrected chi connectivity index (χ1v) is 19.3. The van der Waals surface area contributed by atoms with Crippen LogP contribution in [0.1, 0.15) is 86.5 Å². The summed E-state index contributed by atoms with van der Waals surface area (Å²) in [5.41, 5.74) is 12.9. The van der Waals surface area contributed by atoms with Crippen molar-refractivity contribution in [1.29, 1.82) is 0 Å². The third-order valence-electron chi connectivity index (χ3n) is 11.6. The van der Waals surface area contributed by atoms with Gasteiger partial charge in [-0.25, -0.2) is 4.98 Å². The molecule has 5 aromatic carbocycles. The number of aliphatic imine (C=N–C) groups is 1. The largest absolute Gasteiger partial charge is 2.00 e. The topological polar surface area (TPSA) is 51.9 Å². The third kappa shape index (κ3) is 5.71. The van der Waals surface area contributed by atoms with Gasteiger partial charge in [-0.3, -0.25) is 4.99 Å². The van der Waals surface area contributed by atoms with Crippen LogP contribution in [0.3, 0.4) is 0 Å². The summed E-state index contributed by atoms with van der Waals surface area (Å²) in [7, 11) is 0. The van der Waals surface area contributed by atoms with Gasteiger partial charge < -0.3 is 18.9 Å². The Balaban J connectivity index is 0.00000410. The predicted octanol–water partition coefficient (Wildman–Crippen LogP) is 12.0. The van der Waals surface area contributed by atoms with Crippen molar-refractivity contribution in [3.63, 3.8) is 0 Å². The molecule has 0 radical (unpaired) electrons. The minimum absolute atomic E-state index is 0. The molecule has 0 bridgehead atoms. The minimum atomic E-state index is -0.0324. The van der Waals surface area contributed by atoms with Crippen LogP contribution in [-0.2, 0) is 43.1 Å². The van der Waals surface area contributed by atoms with E-state index in [1.54, 1.807) is 0 Å². The van der Waals surface area contributed by atoms with E-state index in [1.807, 2.05) is 18.3 Å². The molecule has 2 aromatic heterocycles. The van der Waals surface area contributed by atoms with Crippen molar-refractivity contribution in [3.8, 4) is 17.3 Å². The Morgan fingerprint density at radius 2 is 1.48 bits per heavy atom. The molecule has 4 heterocycles. The van der Waals surface area contributed by atoms with Crippen molar-refractivity contribution in [3.05, 3.63) is 148 Å². The summed E-state index contributed by atoms with van der Waals surface area (Å²) in [5.74, 6) is 3.02. The molecule has 0 amide bonds. The van der Waals surface area contributed by atoms with E-state index in [-0.39, 0.29) is 44.0 Å². The van der Waals surface area contributed by atoms with Gasteiger partial charge in [0.2, 0.25) is 0 Å². The molecule has 2 aliphatic heterocycles. The van der Waals surface area contributed by atoms with Crippen molar-refractivity contribution in [1.82, 2.24) is 9.55 Å². The summed E-state index contributed by atoms with van der Waals surface area (Å²) in [4.78, 5) is 12.4. The molecule has 6 nitrogen and oxygen atoms in total. The zero-order valence-corrected chi connectivity index (χ0v) is 35.3. The Morgan fingerprint density at radius 1 is 0.732 bits per heavy atom. The van der Waals surface area contributed by atoms with Crippen LogP contribution < -0.4 is 9.64 Å². The number of aryl methyl sites for hydroxylation is 2. The summed E-state index contributed by atoms with van der Waals surface area (Å²) in [6.07, 6.45) is 2.75. The molecule has 0 saturated carbocycles. The second kappa shape index (κ2) is 12.9. The molecule has 282 valence electrons. The number of rotatable bonds is 3. The zero-order chi connectivity index (χ0) is 38.0. The maximum absolute atomic E-state index is 6.73. The van der Waals surface area contributed by atoms with Crippen LogP contribution in [-0.4, -0.2) is 21.6 Å². The van der Waals surface area contributed by atoms with E-state index < -0.39 is 0 Å². The summed E-state index contributed by atoms with van der Waals surface area (Å²) in [6, 6.07) is 40.0. The van der Waals surface area contributed by atoms with Gasteiger partial charge in [0.05, 0.1) is 5.69 Å². The monoisotopic (exact) mass is 915 g/mol. The summed E-state index contributed by atoms with van der Waals surface area (Å²) in [5, 5.41) is 2.17.